The first-order chi connectivity index (χ1) is 9.78. The first-order valence-corrected chi connectivity index (χ1v) is 7.50. The summed E-state index contributed by atoms with van der Waals surface area (Å²) in [6.07, 6.45) is 1.06. The van der Waals surface area contributed by atoms with Crippen LogP contribution in [-0.2, 0) is 13.0 Å². The third-order valence-corrected chi connectivity index (χ3v) is 3.87. The summed E-state index contributed by atoms with van der Waals surface area (Å²) >= 11 is 1.80. The van der Waals surface area contributed by atoms with Crippen LogP contribution in [0.4, 0.5) is 0 Å². The smallest absolute Gasteiger partial charge is 0.174 e. The highest BCUT2D eigenvalue weighted by atomic mass is 32.1. The second-order valence-corrected chi connectivity index (χ2v) is 5.69. The van der Waals surface area contributed by atoms with Gasteiger partial charge in [-0.05, 0) is 42.5 Å². The molecule has 1 aromatic heterocycles. The molecule has 2 aromatic rings. The molecule has 20 heavy (non-hydrogen) atoms. The van der Waals surface area contributed by atoms with Gasteiger partial charge in [0.05, 0.1) is 0 Å². The highest BCUT2D eigenvalue weighted by molar-refractivity contribution is 7.09. The molecule has 0 bridgehead atoms. The minimum Gasteiger partial charge on any atom is -0.479 e. The van der Waals surface area contributed by atoms with Crippen molar-refractivity contribution >= 4 is 11.3 Å². The molecule has 1 heterocycles. The zero-order chi connectivity index (χ0) is 14.2. The van der Waals surface area contributed by atoms with Crippen LogP contribution < -0.4 is 10.1 Å². The largest absolute Gasteiger partial charge is 0.479 e. The molecule has 0 spiro atoms. The lowest BCUT2D eigenvalue weighted by atomic mass is 10.1. The number of rotatable bonds is 7. The van der Waals surface area contributed by atoms with E-state index >= 15 is 0 Å². The third kappa shape index (κ3) is 4.69. The van der Waals surface area contributed by atoms with Gasteiger partial charge >= 0.3 is 0 Å². The molecule has 0 amide bonds. The average molecular weight is 286 g/mol. The van der Waals surface area contributed by atoms with Crippen molar-refractivity contribution in [2.75, 3.05) is 6.61 Å². The Bertz CT molecular complexity index is 543. The summed E-state index contributed by atoms with van der Waals surface area (Å²) in [5.74, 6) is 0.738. The highest BCUT2D eigenvalue weighted by Gasteiger charge is 2.04. The van der Waals surface area contributed by atoms with Crippen molar-refractivity contribution in [1.29, 1.82) is 5.26 Å². The molecule has 0 saturated heterocycles. The fourth-order valence-corrected chi connectivity index (χ4v) is 2.75. The van der Waals surface area contributed by atoms with Gasteiger partial charge in [-0.3, -0.25) is 0 Å². The Morgan fingerprint density at radius 2 is 2.10 bits per heavy atom. The predicted octanol–water partition coefficient (Wildman–Crippen LogP) is 3.37. The Morgan fingerprint density at radius 3 is 2.75 bits per heavy atom. The van der Waals surface area contributed by atoms with Crippen LogP contribution >= 0.6 is 11.3 Å². The van der Waals surface area contributed by atoms with Crippen LogP contribution in [0.3, 0.4) is 0 Å². The predicted molar refractivity (Wildman–Crippen MR) is 81.9 cm³/mol. The van der Waals surface area contributed by atoms with E-state index in [0.29, 0.717) is 6.04 Å². The molecule has 1 unspecified atom stereocenters. The van der Waals surface area contributed by atoms with Crippen LogP contribution in [0.1, 0.15) is 17.4 Å². The Labute approximate surface area is 123 Å². The molecule has 2 rings (SSSR count). The quantitative estimate of drug-likeness (QED) is 0.848. The van der Waals surface area contributed by atoms with Crippen LogP contribution in [0.2, 0.25) is 0 Å². The van der Waals surface area contributed by atoms with Crippen molar-refractivity contribution in [3.8, 4) is 11.8 Å². The molecule has 104 valence electrons. The Morgan fingerprint density at radius 1 is 1.30 bits per heavy atom. The minimum absolute atomic E-state index is 0.0927. The first kappa shape index (κ1) is 14.6. The molecule has 0 aliphatic rings. The second-order valence-electron chi connectivity index (χ2n) is 4.66. The van der Waals surface area contributed by atoms with Crippen molar-refractivity contribution in [1.82, 2.24) is 5.32 Å². The number of benzene rings is 1. The third-order valence-electron chi connectivity index (χ3n) is 2.97. The maximum Gasteiger partial charge on any atom is 0.174 e. The lowest BCUT2D eigenvalue weighted by molar-refractivity contribution is 0.368. The molecule has 0 saturated carbocycles. The van der Waals surface area contributed by atoms with E-state index in [2.05, 4.69) is 29.8 Å². The van der Waals surface area contributed by atoms with Gasteiger partial charge in [0, 0.05) is 17.5 Å². The van der Waals surface area contributed by atoms with Crippen molar-refractivity contribution in [3.05, 3.63) is 52.2 Å². The van der Waals surface area contributed by atoms with Gasteiger partial charge in [-0.2, -0.15) is 5.26 Å². The summed E-state index contributed by atoms with van der Waals surface area (Å²) in [5.41, 5.74) is 1.22. The topological polar surface area (TPSA) is 45.0 Å². The molecular formula is C16H18N2OS. The van der Waals surface area contributed by atoms with Crippen molar-refractivity contribution in [2.24, 2.45) is 0 Å². The fourth-order valence-electron chi connectivity index (χ4n) is 1.91. The molecule has 0 fully saturated rings. The lowest BCUT2D eigenvalue weighted by Crippen LogP contribution is -2.27. The number of nitrogens with zero attached hydrogens (tertiary/aromatic N) is 1. The molecule has 1 aromatic carbocycles. The molecule has 4 heteroatoms. The number of hydrogen-bond acceptors (Lipinski definition) is 4. The summed E-state index contributed by atoms with van der Waals surface area (Å²) in [6, 6.07) is 14.5. The van der Waals surface area contributed by atoms with Crippen molar-refractivity contribution < 1.29 is 4.74 Å². The van der Waals surface area contributed by atoms with E-state index in [9.17, 15) is 0 Å². The first-order valence-electron chi connectivity index (χ1n) is 6.62. The summed E-state index contributed by atoms with van der Waals surface area (Å²) in [5, 5.41) is 14.1. The molecule has 1 atom stereocenters. The monoisotopic (exact) mass is 286 g/mol. The fraction of sp³-hybridized carbons (Fsp3) is 0.312. The van der Waals surface area contributed by atoms with E-state index < -0.39 is 0 Å². The second kappa shape index (κ2) is 7.68. The van der Waals surface area contributed by atoms with E-state index in [1.165, 1.54) is 10.4 Å². The highest BCUT2D eigenvalue weighted by Crippen LogP contribution is 2.13. The normalized spacial score (nSPS) is 11.8. The molecule has 3 nitrogen and oxygen atoms in total. The minimum atomic E-state index is 0.0927. The van der Waals surface area contributed by atoms with E-state index in [1.807, 2.05) is 30.3 Å². The van der Waals surface area contributed by atoms with Gasteiger partial charge in [0.1, 0.15) is 11.8 Å². The summed E-state index contributed by atoms with van der Waals surface area (Å²) < 4.78 is 5.23. The molecular weight excluding hydrogens is 268 g/mol. The van der Waals surface area contributed by atoms with Gasteiger partial charge in [0.25, 0.3) is 0 Å². The standard InChI is InChI=1S/C16H18N2OS/c1-13(11-16-3-2-10-20-16)18-12-14-4-6-15(7-5-14)19-9-8-17/h2-7,10,13,18H,9,11-12H2,1H3. The Kier molecular flexibility index (Phi) is 5.60. The molecule has 0 aliphatic carbocycles. The lowest BCUT2D eigenvalue weighted by Gasteiger charge is -2.13. The van der Waals surface area contributed by atoms with E-state index in [1.54, 1.807) is 11.3 Å². The van der Waals surface area contributed by atoms with E-state index in [4.69, 9.17) is 10.00 Å². The zero-order valence-corrected chi connectivity index (χ0v) is 12.3. The number of hydrogen-bond donors (Lipinski definition) is 1. The number of nitrogens with one attached hydrogen (secondary N) is 1. The van der Waals surface area contributed by atoms with Crippen LogP contribution in [0.15, 0.2) is 41.8 Å². The summed E-state index contributed by atoms with van der Waals surface area (Å²) in [4.78, 5) is 1.41. The van der Waals surface area contributed by atoms with Gasteiger partial charge in [-0.15, -0.1) is 11.3 Å². The van der Waals surface area contributed by atoms with Crippen LogP contribution in [-0.4, -0.2) is 12.6 Å². The average Bonchev–Trinajstić information content (AvgIpc) is 2.97. The van der Waals surface area contributed by atoms with Crippen LogP contribution in [0, 0.1) is 11.3 Å². The molecule has 0 aliphatic heterocycles. The molecule has 0 radical (unpaired) electrons. The van der Waals surface area contributed by atoms with Crippen LogP contribution in [0.25, 0.3) is 0 Å². The van der Waals surface area contributed by atoms with Gasteiger partial charge in [0.15, 0.2) is 6.61 Å². The van der Waals surface area contributed by atoms with Gasteiger partial charge in [-0.1, -0.05) is 18.2 Å². The summed E-state index contributed by atoms with van der Waals surface area (Å²) in [7, 11) is 0. The Balaban J connectivity index is 1.77. The van der Waals surface area contributed by atoms with E-state index in [-0.39, 0.29) is 6.61 Å². The number of ether oxygens (including phenoxy) is 1. The van der Waals surface area contributed by atoms with Gasteiger partial charge in [-0.25, -0.2) is 0 Å². The summed E-state index contributed by atoms with van der Waals surface area (Å²) in [6.45, 7) is 3.13. The van der Waals surface area contributed by atoms with Crippen LogP contribution in [0.5, 0.6) is 5.75 Å². The van der Waals surface area contributed by atoms with Gasteiger partial charge < -0.3 is 10.1 Å². The molecule has 1 N–H and O–H groups in total. The number of nitriles is 1. The van der Waals surface area contributed by atoms with Crippen molar-refractivity contribution in [2.45, 2.75) is 25.9 Å². The maximum atomic E-state index is 8.45. The SMILES string of the molecule is CC(Cc1cccs1)NCc1ccc(OCC#N)cc1. The maximum absolute atomic E-state index is 8.45. The van der Waals surface area contributed by atoms with Crippen molar-refractivity contribution in [3.63, 3.8) is 0 Å². The Hall–Kier alpha value is -1.83. The van der Waals surface area contributed by atoms with E-state index in [0.717, 1.165) is 18.7 Å². The zero-order valence-electron chi connectivity index (χ0n) is 11.5. The number of thiophene rings is 1. The van der Waals surface area contributed by atoms with Gasteiger partial charge in [0.2, 0.25) is 0 Å².